The molecule has 0 spiro atoms. The molecule has 0 radical (unpaired) electrons. The van der Waals surface area contributed by atoms with Gasteiger partial charge in [-0.3, -0.25) is 0 Å². The van der Waals surface area contributed by atoms with E-state index in [0.717, 1.165) is 4.43 Å². The molecule has 1 atom stereocenters. The SMILES string of the molecule is Cc1ccccc1C(CI)OC1CC1. The Hall–Kier alpha value is -0.0900. The standard InChI is InChI=1S/C12H15IO/c1-9-4-2-3-5-11(9)12(8-13)14-10-6-7-10/h2-5,10,12H,6-8H2,1H3. The first kappa shape index (κ1) is 10.4. The second kappa shape index (κ2) is 4.62. The Morgan fingerprint density at radius 1 is 1.43 bits per heavy atom. The second-order valence-corrected chi connectivity index (χ2v) is 4.72. The van der Waals surface area contributed by atoms with Crippen LogP contribution in [0.4, 0.5) is 0 Å². The van der Waals surface area contributed by atoms with Crippen LogP contribution in [-0.2, 0) is 4.74 Å². The fourth-order valence-electron chi connectivity index (χ4n) is 1.58. The molecule has 1 unspecified atom stereocenters. The van der Waals surface area contributed by atoms with Crippen LogP contribution >= 0.6 is 22.6 Å². The minimum absolute atomic E-state index is 0.296. The fraction of sp³-hybridized carbons (Fsp3) is 0.500. The van der Waals surface area contributed by atoms with Gasteiger partial charge in [-0.05, 0) is 30.9 Å². The quantitative estimate of drug-likeness (QED) is 0.609. The van der Waals surface area contributed by atoms with E-state index in [-0.39, 0.29) is 0 Å². The van der Waals surface area contributed by atoms with Gasteiger partial charge in [0.25, 0.3) is 0 Å². The van der Waals surface area contributed by atoms with Crippen LogP contribution < -0.4 is 0 Å². The van der Waals surface area contributed by atoms with Crippen molar-refractivity contribution in [1.82, 2.24) is 0 Å². The highest BCUT2D eigenvalue weighted by atomic mass is 127. The molecule has 0 saturated heterocycles. The van der Waals surface area contributed by atoms with Crippen molar-refractivity contribution in [2.75, 3.05) is 4.43 Å². The second-order valence-electron chi connectivity index (χ2n) is 3.83. The topological polar surface area (TPSA) is 9.23 Å². The van der Waals surface area contributed by atoms with Crippen LogP contribution in [0.1, 0.15) is 30.1 Å². The molecule has 1 aliphatic rings. The average molecular weight is 302 g/mol. The highest BCUT2D eigenvalue weighted by molar-refractivity contribution is 14.1. The Labute approximate surface area is 99.0 Å². The van der Waals surface area contributed by atoms with Crippen LogP contribution in [0.5, 0.6) is 0 Å². The zero-order valence-electron chi connectivity index (χ0n) is 8.37. The minimum Gasteiger partial charge on any atom is -0.369 e. The van der Waals surface area contributed by atoms with E-state index in [0.29, 0.717) is 12.2 Å². The molecule has 0 aromatic heterocycles. The molecule has 0 N–H and O–H groups in total. The van der Waals surface area contributed by atoms with Crippen molar-refractivity contribution < 1.29 is 4.74 Å². The third-order valence-corrected chi connectivity index (χ3v) is 3.36. The molecule has 76 valence electrons. The normalized spacial score (nSPS) is 18.1. The number of alkyl halides is 1. The van der Waals surface area contributed by atoms with Gasteiger partial charge in [-0.25, -0.2) is 0 Å². The molecule has 1 fully saturated rings. The predicted octanol–water partition coefficient (Wildman–Crippen LogP) is 3.65. The highest BCUT2D eigenvalue weighted by Crippen LogP contribution is 2.32. The molecule has 1 saturated carbocycles. The van der Waals surface area contributed by atoms with Gasteiger partial charge in [-0.15, -0.1) is 0 Å². The molecule has 1 aromatic rings. The van der Waals surface area contributed by atoms with E-state index < -0.39 is 0 Å². The van der Waals surface area contributed by atoms with Crippen molar-refractivity contribution >= 4 is 22.6 Å². The predicted molar refractivity (Wildman–Crippen MR) is 66.9 cm³/mol. The molecule has 1 nitrogen and oxygen atoms in total. The number of benzene rings is 1. The van der Waals surface area contributed by atoms with Crippen LogP contribution in [0.3, 0.4) is 0 Å². The number of hydrogen-bond acceptors (Lipinski definition) is 1. The lowest BCUT2D eigenvalue weighted by Crippen LogP contribution is -2.08. The van der Waals surface area contributed by atoms with Gasteiger partial charge >= 0.3 is 0 Å². The largest absolute Gasteiger partial charge is 0.369 e. The number of aryl methyl sites for hydroxylation is 1. The number of rotatable bonds is 4. The summed E-state index contributed by atoms with van der Waals surface area (Å²) in [6, 6.07) is 8.52. The minimum atomic E-state index is 0.296. The fourth-order valence-corrected chi connectivity index (χ4v) is 2.26. The summed E-state index contributed by atoms with van der Waals surface area (Å²) in [6.07, 6.45) is 3.33. The van der Waals surface area contributed by atoms with E-state index in [9.17, 15) is 0 Å². The molecule has 1 aromatic carbocycles. The van der Waals surface area contributed by atoms with Gasteiger partial charge in [0.05, 0.1) is 12.2 Å². The maximum atomic E-state index is 5.97. The summed E-state index contributed by atoms with van der Waals surface area (Å²) < 4.78 is 7.01. The van der Waals surface area contributed by atoms with E-state index in [4.69, 9.17) is 4.74 Å². The number of halogens is 1. The Balaban J connectivity index is 2.12. The third-order valence-electron chi connectivity index (χ3n) is 2.56. The van der Waals surface area contributed by atoms with Gasteiger partial charge in [-0.2, -0.15) is 0 Å². The monoisotopic (exact) mass is 302 g/mol. The van der Waals surface area contributed by atoms with Crippen molar-refractivity contribution in [1.29, 1.82) is 0 Å². The van der Waals surface area contributed by atoms with Gasteiger partial charge in [0.15, 0.2) is 0 Å². The van der Waals surface area contributed by atoms with Crippen LogP contribution in [0.2, 0.25) is 0 Å². The third kappa shape index (κ3) is 2.48. The van der Waals surface area contributed by atoms with Crippen molar-refractivity contribution in [2.24, 2.45) is 0 Å². The summed E-state index contributed by atoms with van der Waals surface area (Å²) in [5.41, 5.74) is 2.70. The first-order valence-corrected chi connectivity index (χ1v) is 6.61. The van der Waals surface area contributed by atoms with E-state index >= 15 is 0 Å². The van der Waals surface area contributed by atoms with Gasteiger partial charge < -0.3 is 4.74 Å². The first-order valence-electron chi connectivity index (χ1n) is 5.08. The molecule has 2 rings (SSSR count). The lowest BCUT2D eigenvalue weighted by molar-refractivity contribution is 0.0566. The molecular weight excluding hydrogens is 287 g/mol. The molecule has 0 bridgehead atoms. The van der Waals surface area contributed by atoms with Crippen LogP contribution in [0.15, 0.2) is 24.3 Å². The first-order chi connectivity index (χ1) is 6.81. The van der Waals surface area contributed by atoms with Crippen molar-refractivity contribution in [3.63, 3.8) is 0 Å². The number of ether oxygens (including phenoxy) is 1. The Bertz CT molecular complexity index is 307. The molecule has 0 heterocycles. The highest BCUT2D eigenvalue weighted by Gasteiger charge is 2.26. The van der Waals surface area contributed by atoms with Gasteiger partial charge in [0, 0.05) is 4.43 Å². The molecule has 1 aliphatic carbocycles. The van der Waals surface area contributed by atoms with Crippen LogP contribution in [0, 0.1) is 6.92 Å². The van der Waals surface area contributed by atoms with Crippen molar-refractivity contribution in [3.05, 3.63) is 35.4 Å². The summed E-state index contributed by atoms with van der Waals surface area (Å²) in [5.74, 6) is 0. The Kier molecular flexibility index (Phi) is 3.44. The van der Waals surface area contributed by atoms with E-state index in [1.54, 1.807) is 0 Å². The molecule has 0 amide bonds. The summed E-state index contributed by atoms with van der Waals surface area (Å²) >= 11 is 2.41. The zero-order valence-corrected chi connectivity index (χ0v) is 10.5. The lowest BCUT2D eigenvalue weighted by atomic mass is 10.0. The molecule has 2 heteroatoms. The molecule has 0 aliphatic heterocycles. The summed E-state index contributed by atoms with van der Waals surface area (Å²) in [7, 11) is 0. The summed E-state index contributed by atoms with van der Waals surface area (Å²) in [4.78, 5) is 0. The maximum absolute atomic E-state index is 5.97. The van der Waals surface area contributed by atoms with E-state index in [1.807, 2.05) is 0 Å². The van der Waals surface area contributed by atoms with Crippen LogP contribution in [0.25, 0.3) is 0 Å². The lowest BCUT2D eigenvalue weighted by Gasteiger charge is -2.17. The zero-order chi connectivity index (χ0) is 9.97. The molecule has 14 heavy (non-hydrogen) atoms. The number of hydrogen-bond donors (Lipinski definition) is 0. The Morgan fingerprint density at radius 2 is 2.14 bits per heavy atom. The summed E-state index contributed by atoms with van der Waals surface area (Å²) in [5, 5.41) is 0. The van der Waals surface area contributed by atoms with Gasteiger partial charge in [-0.1, -0.05) is 46.9 Å². The maximum Gasteiger partial charge on any atom is 0.0920 e. The van der Waals surface area contributed by atoms with Crippen molar-refractivity contribution in [2.45, 2.75) is 32.0 Å². The van der Waals surface area contributed by atoms with Gasteiger partial charge in [0.2, 0.25) is 0 Å². The van der Waals surface area contributed by atoms with E-state index in [1.165, 1.54) is 24.0 Å². The van der Waals surface area contributed by atoms with E-state index in [2.05, 4.69) is 53.8 Å². The summed E-state index contributed by atoms with van der Waals surface area (Å²) in [6.45, 7) is 2.16. The smallest absolute Gasteiger partial charge is 0.0920 e. The van der Waals surface area contributed by atoms with Gasteiger partial charge in [0.1, 0.15) is 0 Å². The average Bonchev–Trinajstić information content (AvgIpc) is 2.99. The van der Waals surface area contributed by atoms with Crippen LogP contribution in [-0.4, -0.2) is 10.5 Å². The molecular formula is C12H15IO. The van der Waals surface area contributed by atoms with Crippen molar-refractivity contribution in [3.8, 4) is 0 Å². The Morgan fingerprint density at radius 3 is 2.71 bits per heavy atom.